The fraction of sp³-hybridized carbons (Fsp3) is 0.222. The first-order valence-corrected chi connectivity index (χ1v) is 6.86. The lowest BCUT2D eigenvalue weighted by Crippen LogP contribution is -2.07. The van der Waals surface area contributed by atoms with Gasteiger partial charge in [-0.2, -0.15) is 8.42 Å². The summed E-state index contributed by atoms with van der Waals surface area (Å²) in [5, 5.41) is 7.41. The van der Waals surface area contributed by atoms with E-state index >= 15 is 0 Å². The number of aryl methyl sites for hydroxylation is 1. The van der Waals surface area contributed by atoms with Crippen LogP contribution in [0.4, 0.5) is 8.78 Å². The van der Waals surface area contributed by atoms with Gasteiger partial charge in [0, 0.05) is 13.1 Å². The predicted octanol–water partition coefficient (Wildman–Crippen LogP) is 1.43. The lowest BCUT2D eigenvalue weighted by Gasteiger charge is -1.96. The molecule has 0 aliphatic carbocycles. The Morgan fingerprint density at radius 2 is 1.95 bits per heavy atom. The molecule has 2 rings (SSSR count). The molecule has 1 heterocycles. The molecule has 10 heteroatoms. The first-order valence-electron chi connectivity index (χ1n) is 4.68. The molecule has 1 aromatic carbocycles. The number of nitrogens with zero attached hydrogens (tertiary/aromatic N) is 1. The Morgan fingerprint density at radius 3 is 2.42 bits per heavy atom. The molecule has 0 spiro atoms. The van der Waals surface area contributed by atoms with Gasteiger partial charge in [0.05, 0.1) is 17.3 Å². The molecule has 0 radical (unpaired) electrons. The zero-order chi connectivity index (χ0) is 14.8. The third-order valence-electron chi connectivity index (χ3n) is 2.05. The van der Waals surface area contributed by atoms with E-state index in [0.717, 1.165) is 24.5 Å². The van der Waals surface area contributed by atoms with E-state index in [0.29, 0.717) is 4.70 Å². The maximum Gasteiger partial charge on any atom is 0.397 e. The highest BCUT2D eigenvalue weighted by atomic mass is 32.3. The molecular formula is C9H10F2N2O4S2. The third-order valence-corrected chi connectivity index (χ3v) is 3.47. The molecule has 2 aromatic rings. The summed E-state index contributed by atoms with van der Waals surface area (Å²) in [7, 11) is -1.71. The van der Waals surface area contributed by atoms with Crippen molar-refractivity contribution in [3.8, 4) is 0 Å². The number of aromatic nitrogens is 1. The SMILES string of the molecule is COS(=O)(=O)O.Cn1c(=N)sc2cc(F)cc(F)c21. The molecule has 0 bridgehead atoms. The summed E-state index contributed by atoms with van der Waals surface area (Å²) >= 11 is 1.06. The second-order valence-electron chi connectivity index (χ2n) is 3.29. The molecule has 1 aromatic heterocycles. The predicted molar refractivity (Wildman–Crippen MR) is 65.1 cm³/mol. The Morgan fingerprint density at radius 1 is 1.42 bits per heavy atom. The summed E-state index contributed by atoms with van der Waals surface area (Å²) in [5.41, 5.74) is 0.288. The van der Waals surface area contributed by atoms with Gasteiger partial charge in [0.1, 0.15) is 5.82 Å². The van der Waals surface area contributed by atoms with E-state index in [2.05, 4.69) is 4.18 Å². The highest BCUT2D eigenvalue weighted by molar-refractivity contribution is 7.80. The Bertz CT molecular complexity index is 751. The average Bonchev–Trinajstić information content (AvgIpc) is 2.54. The van der Waals surface area contributed by atoms with Gasteiger partial charge in [-0.3, -0.25) is 14.1 Å². The molecule has 2 N–H and O–H groups in total. The topological polar surface area (TPSA) is 92.4 Å². The van der Waals surface area contributed by atoms with Crippen molar-refractivity contribution in [2.75, 3.05) is 7.11 Å². The number of thiazole rings is 1. The number of benzene rings is 1. The van der Waals surface area contributed by atoms with Crippen LogP contribution in [0.15, 0.2) is 12.1 Å². The first kappa shape index (κ1) is 15.7. The van der Waals surface area contributed by atoms with Gasteiger partial charge in [0.15, 0.2) is 10.6 Å². The van der Waals surface area contributed by atoms with Crippen molar-refractivity contribution in [2.45, 2.75) is 0 Å². The molecule has 0 amide bonds. The van der Waals surface area contributed by atoms with E-state index < -0.39 is 22.0 Å². The van der Waals surface area contributed by atoms with Gasteiger partial charge >= 0.3 is 10.4 Å². The number of rotatable bonds is 1. The molecular weight excluding hydrogens is 302 g/mol. The van der Waals surface area contributed by atoms with E-state index in [4.69, 9.17) is 9.96 Å². The largest absolute Gasteiger partial charge is 0.397 e. The standard InChI is InChI=1S/C8H6F2N2S.CH4O4S/c1-12-7-5(10)2-4(9)3-6(7)13-8(12)11;1-5-6(2,3)4/h2-3,11H,1H3;1H3,(H,2,3,4). The van der Waals surface area contributed by atoms with Crippen molar-refractivity contribution < 1.29 is 25.9 Å². The Kier molecular flexibility index (Phi) is 4.74. The van der Waals surface area contributed by atoms with Crippen molar-refractivity contribution in [1.82, 2.24) is 4.57 Å². The van der Waals surface area contributed by atoms with Gasteiger partial charge in [-0.1, -0.05) is 11.3 Å². The van der Waals surface area contributed by atoms with Crippen molar-refractivity contribution in [2.24, 2.45) is 7.05 Å². The van der Waals surface area contributed by atoms with Crippen LogP contribution in [0.5, 0.6) is 0 Å². The van der Waals surface area contributed by atoms with Crippen molar-refractivity contribution in [3.63, 3.8) is 0 Å². The van der Waals surface area contributed by atoms with Gasteiger partial charge < -0.3 is 4.57 Å². The number of nitrogens with one attached hydrogen (secondary N) is 1. The van der Waals surface area contributed by atoms with Gasteiger partial charge in [0.2, 0.25) is 0 Å². The van der Waals surface area contributed by atoms with Crippen molar-refractivity contribution in [3.05, 3.63) is 28.6 Å². The van der Waals surface area contributed by atoms with Gasteiger partial charge in [0.25, 0.3) is 0 Å². The van der Waals surface area contributed by atoms with Crippen LogP contribution in [-0.2, 0) is 21.6 Å². The maximum atomic E-state index is 13.2. The highest BCUT2D eigenvalue weighted by Crippen LogP contribution is 2.20. The van der Waals surface area contributed by atoms with Crippen LogP contribution >= 0.6 is 11.3 Å². The normalized spacial score (nSPS) is 11.2. The smallest absolute Gasteiger partial charge is 0.318 e. The van der Waals surface area contributed by atoms with Gasteiger partial charge in [-0.05, 0) is 6.07 Å². The minimum atomic E-state index is -4.16. The minimum absolute atomic E-state index is 0.208. The van der Waals surface area contributed by atoms with E-state index in [1.165, 1.54) is 10.6 Å². The van der Waals surface area contributed by atoms with Crippen LogP contribution in [0.2, 0.25) is 0 Å². The highest BCUT2D eigenvalue weighted by Gasteiger charge is 2.09. The van der Waals surface area contributed by atoms with E-state index in [1.807, 2.05) is 0 Å². The molecule has 0 aliphatic heterocycles. The quantitative estimate of drug-likeness (QED) is 0.779. The van der Waals surface area contributed by atoms with Crippen LogP contribution in [-0.4, -0.2) is 24.6 Å². The van der Waals surface area contributed by atoms with Crippen LogP contribution in [0, 0.1) is 17.0 Å². The second-order valence-corrected chi connectivity index (χ2v) is 5.51. The number of halogens is 2. The van der Waals surface area contributed by atoms with Crippen LogP contribution in [0.25, 0.3) is 10.2 Å². The molecule has 6 nitrogen and oxygen atoms in total. The van der Waals surface area contributed by atoms with Gasteiger partial charge in [-0.15, -0.1) is 0 Å². The molecule has 19 heavy (non-hydrogen) atoms. The summed E-state index contributed by atoms with van der Waals surface area (Å²) < 4.78 is 57.5. The zero-order valence-corrected chi connectivity index (χ0v) is 11.5. The number of hydrogen-bond acceptors (Lipinski definition) is 5. The molecule has 0 fully saturated rings. The first-order chi connectivity index (χ1) is 8.65. The van der Waals surface area contributed by atoms with Crippen LogP contribution in [0.1, 0.15) is 0 Å². The molecule has 106 valence electrons. The fourth-order valence-electron chi connectivity index (χ4n) is 1.22. The number of fused-ring (bicyclic) bond motifs is 1. The Labute approximate surface area is 111 Å². The average molecular weight is 312 g/mol. The summed E-state index contributed by atoms with van der Waals surface area (Å²) in [6, 6.07) is 2.07. The lowest BCUT2D eigenvalue weighted by atomic mass is 10.3. The molecule has 0 unspecified atom stereocenters. The fourth-order valence-corrected chi connectivity index (χ4v) is 2.16. The second kappa shape index (κ2) is 5.74. The van der Waals surface area contributed by atoms with Crippen LogP contribution < -0.4 is 4.80 Å². The molecule has 0 atom stereocenters. The van der Waals surface area contributed by atoms with E-state index in [-0.39, 0.29) is 10.3 Å². The summed E-state index contributed by atoms with van der Waals surface area (Å²) in [4.78, 5) is 0.208. The molecule has 0 saturated carbocycles. The van der Waals surface area contributed by atoms with E-state index in [9.17, 15) is 17.2 Å². The van der Waals surface area contributed by atoms with Crippen LogP contribution in [0.3, 0.4) is 0 Å². The minimum Gasteiger partial charge on any atom is -0.318 e. The summed E-state index contributed by atoms with van der Waals surface area (Å²) in [6.45, 7) is 0. The molecule has 0 aliphatic rings. The van der Waals surface area contributed by atoms with Gasteiger partial charge in [-0.25, -0.2) is 8.78 Å². The van der Waals surface area contributed by atoms with E-state index in [1.54, 1.807) is 7.05 Å². The van der Waals surface area contributed by atoms with Crippen molar-refractivity contribution >= 4 is 32.0 Å². The van der Waals surface area contributed by atoms with Crippen molar-refractivity contribution in [1.29, 1.82) is 5.41 Å². The lowest BCUT2D eigenvalue weighted by molar-refractivity contribution is 0.324. The Balaban J connectivity index is 0.000000258. The number of hydrogen-bond donors (Lipinski definition) is 2. The maximum absolute atomic E-state index is 13.2. The summed E-state index contributed by atoms with van der Waals surface area (Å²) in [5.74, 6) is -1.22. The zero-order valence-electron chi connectivity index (χ0n) is 9.85. The Hall–Kier alpha value is -1.36. The third kappa shape index (κ3) is 4.06. The molecule has 0 saturated heterocycles. The monoisotopic (exact) mass is 312 g/mol. The summed E-state index contributed by atoms with van der Waals surface area (Å²) in [6.07, 6.45) is 0.